The largest absolute Gasteiger partial charge is 0.488 e. The van der Waals surface area contributed by atoms with Crippen LogP contribution in [0.25, 0.3) is 0 Å². The Morgan fingerprint density at radius 3 is 2.95 bits per heavy atom. The zero-order valence-corrected chi connectivity index (χ0v) is 11.8. The van der Waals surface area contributed by atoms with Crippen LogP contribution in [-0.4, -0.2) is 44.6 Å². The van der Waals surface area contributed by atoms with Crippen LogP contribution in [0.15, 0.2) is 24.5 Å². The highest BCUT2D eigenvalue weighted by Crippen LogP contribution is 2.21. The van der Waals surface area contributed by atoms with Gasteiger partial charge in [0, 0.05) is 25.4 Å². The minimum atomic E-state index is -0.00155. The number of nitrogens with zero attached hydrogens (tertiary/aromatic N) is 4. The van der Waals surface area contributed by atoms with Gasteiger partial charge in [0.05, 0.1) is 12.2 Å². The number of aryl methyl sites for hydroxylation is 1. The molecule has 3 rings (SSSR count). The molecular formula is C13H14N4O2S. The molecule has 1 atom stereocenters. The first-order valence-electron chi connectivity index (χ1n) is 6.39. The van der Waals surface area contributed by atoms with Crippen molar-refractivity contribution in [1.29, 1.82) is 0 Å². The second-order valence-corrected chi connectivity index (χ2v) is 5.40. The SMILES string of the molecule is Cc1nnsc1C(=O)N1CCC(Oc2ccncc2)C1. The third-order valence-electron chi connectivity index (χ3n) is 3.23. The number of amides is 1. The molecule has 6 nitrogen and oxygen atoms in total. The fourth-order valence-corrected chi connectivity index (χ4v) is 2.81. The van der Waals surface area contributed by atoms with Gasteiger partial charge in [-0.1, -0.05) is 4.49 Å². The number of hydrogen-bond donors (Lipinski definition) is 0. The molecule has 1 aliphatic heterocycles. The van der Waals surface area contributed by atoms with Gasteiger partial charge in [0.25, 0.3) is 5.91 Å². The normalized spacial score (nSPS) is 18.2. The van der Waals surface area contributed by atoms with Crippen LogP contribution in [-0.2, 0) is 0 Å². The van der Waals surface area contributed by atoms with Crippen LogP contribution in [0.5, 0.6) is 5.75 Å². The molecule has 2 aromatic rings. The molecule has 0 bridgehead atoms. The molecule has 1 amide bonds. The smallest absolute Gasteiger partial charge is 0.267 e. The molecular weight excluding hydrogens is 276 g/mol. The van der Waals surface area contributed by atoms with E-state index in [1.807, 2.05) is 12.1 Å². The molecule has 0 aromatic carbocycles. The molecule has 3 heterocycles. The number of pyridine rings is 1. The van der Waals surface area contributed by atoms with E-state index in [1.165, 1.54) is 0 Å². The molecule has 1 saturated heterocycles. The van der Waals surface area contributed by atoms with Crippen molar-refractivity contribution in [2.24, 2.45) is 0 Å². The fourth-order valence-electron chi connectivity index (χ4n) is 2.19. The first-order valence-corrected chi connectivity index (χ1v) is 7.16. The van der Waals surface area contributed by atoms with Crippen molar-refractivity contribution >= 4 is 17.4 Å². The molecule has 0 spiro atoms. The van der Waals surface area contributed by atoms with Gasteiger partial charge < -0.3 is 9.64 Å². The summed E-state index contributed by atoms with van der Waals surface area (Å²) in [5.41, 5.74) is 0.693. The van der Waals surface area contributed by atoms with Gasteiger partial charge in [0.15, 0.2) is 0 Å². The Labute approximate surface area is 120 Å². The van der Waals surface area contributed by atoms with Crippen LogP contribution >= 0.6 is 11.5 Å². The van der Waals surface area contributed by atoms with Crippen LogP contribution in [0.3, 0.4) is 0 Å². The van der Waals surface area contributed by atoms with Crippen molar-refractivity contribution in [3.63, 3.8) is 0 Å². The maximum atomic E-state index is 12.3. The van der Waals surface area contributed by atoms with E-state index < -0.39 is 0 Å². The quantitative estimate of drug-likeness (QED) is 0.857. The van der Waals surface area contributed by atoms with Gasteiger partial charge in [-0.3, -0.25) is 9.78 Å². The van der Waals surface area contributed by atoms with Crippen molar-refractivity contribution in [3.05, 3.63) is 35.1 Å². The average molecular weight is 290 g/mol. The van der Waals surface area contributed by atoms with Gasteiger partial charge in [-0.15, -0.1) is 5.10 Å². The Morgan fingerprint density at radius 2 is 2.25 bits per heavy atom. The summed E-state index contributed by atoms with van der Waals surface area (Å²) >= 11 is 1.15. The number of hydrogen-bond acceptors (Lipinski definition) is 6. The Hall–Kier alpha value is -2.02. The summed E-state index contributed by atoms with van der Waals surface area (Å²) in [5, 5.41) is 3.88. The molecule has 104 valence electrons. The number of carbonyl (C=O) groups is 1. The van der Waals surface area contributed by atoms with Crippen molar-refractivity contribution in [3.8, 4) is 5.75 Å². The van der Waals surface area contributed by atoms with Crippen molar-refractivity contribution in [2.45, 2.75) is 19.4 Å². The highest BCUT2D eigenvalue weighted by Gasteiger charge is 2.30. The number of likely N-dealkylation sites (tertiary alicyclic amines) is 1. The topological polar surface area (TPSA) is 68.2 Å². The van der Waals surface area contributed by atoms with Gasteiger partial charge in [-0.25, -0.2) is 0 Å². The van der Waals surface area contributed by atoms with Crippen LogP contribution in [0.4, 0.5) is 0 Å². The summed E-state index contributed by atoms with van der Waals surface area (Å²) in [6, 6.07) is 3.64. The molecule has 0 N–H and O–H groups in total. The minimum Gasteiger partial charge on any atom is -0.488 e. The minimum absolute atomic E-state index is 0.00155. The summed E-state index contributed by atoms with van der Waals surface area (Å²) in [6.07, 6.45) is 4.25. The van der Waals surface area contributed by atoms with E-state index in [-0.39, 0.29) is 12.0 Å². The first-order chi connectivity index (χ1) is 9.74. The van der Waals surface area contributed by atoms with E-state index >= 15 is 0 Å². The van der Waals surface area contributed by atoms with E-state index in [0.717, 1.165) is 23.7 Å². The molecule has 1 fully saturated rings. The van der Waals surface area contributed by atoms with Crippen LogP contribution < -0.4 is 4.74 Å². The number of carbonyl (C=O) groups excluding carboxylic acids is 1. The third-order valence-corrected chi connectivity index (χ3v) is 4.05. The molecule has 0 aliphatic carbocycles. The molecule has 0 radical (unpaired) electrons. The van der Waals surface area contributed by atoms with Crippen molar-refractivity contribution in [1.82, 2.24) is 19.5 Å². The third kappa shape index (κ3) is 2.62. The lowest BCUT2D eigenvalue weighted by atomic mass is 10.3. The van der Waals surface area contributed by atoms with Gasteiger partial charge >= 0.3 is 0 Å². The Balaban J connectivity index is 1.62. The maximum Gasteiger partial charge on any atom is 0.267 e. The summed E-state index contributed by atoms with van der Waals surface area (Å²) < 4.78 is 9.65. The lowest BCUT2D eigenvalue weighted by Gasteiger charge is -2.16. The monoisotopic (exact) mass is 290 g/mol. The highest BCUT2D eigenvalue weighted by atomic mass is 32.1. The van der Waals surface area contributed by atoms with Crippen molar-refractivity contribution < 1.29 is 9.53 Å². The molecule has 1 unspecified atom stereocenters. The zero-order chi connectivity index (χ0) is 13.9. The maximum absolute atomic E-state index is 12.3. The average Bonchev–Trinajstić information content (AvgIpc) is 3.08. The summed E-state index contributed by atoms with van der Waals surface area (Å²) in [7, 11) is 0. The fraction of sp³-hybridized carbons (Fsp3) is 0.385. The summed E-state index contributed by atoms with van der Waals surface area (Å²) in [4.78, 5) is 18.7. The Morgan fingerprint density at radius 1 is 1.45 bits per heavy atom. The van der Waals surface area contributed by atoms with Gasteiger partial charge in [0.1, 0.15) is 16.7 Å². The number of rotatable bonds is 3. The summed E-state index contributed by atoms with van der Waals surface area (Å²) in [6.45, 7) is 3.10. The van der Waals surface area contributed by atoms with Crippen LogP contribution in [0, 0.1) is 6.92 Å². The first kappa shape index (κ1) is 13.0. The standard InChI is InChI=1S/C13H14N4O2S/c1-9-12(20-16-15-9)13(18)17-7-4-11(8-17)19-10-2-5-14-6-3-10/h2-3,5-6,11H,4,7-8H2,1H3. The molecule has 2 aromatic heterocycles. The van der Waals surface area contributed by atoms with E-state index in [9.17, 15) is 4.79 Å². The Kier molecular flexibility index (Phi) is 3.60. The van der Waals surface area contributed by atoms with Gasteiger partial charge in [0.2, 0.25) is 0 Å². The number of ether oxygens (including phenoxy) is 1. The summed E-state index contributed by atoms with van der Waals surface area (Å²) in [5.74, 6) is 0.785. The van der Waals surface area contributed by atoms with Gasteiger partial charge in [-0.2, -0.15) is 0 Å². The van der Waals surface area contributed by atoms with E-state index in [1.54, 1.807) is 24.2 Å². The molecule has 7 heteroatoms. The molecule has 20 heavy (non-hydrogen) atoms. The predicted molar refractivity (Wildman–Crippen MR) is 73.8 cm³/mol. The van der Waals surface area contributed by atoms with E-state index in [0.29, 0.717) is 23.7 Å². The lowest BCUT2D eigenvalue weighted by molar-refractivity contribution is 0.0776. The van der Waals surface area contributed by atoms with Crippen LogP contribution in [0.1, 0.15) is 21.8 Å². The zero-order valence-electron chi connectivity index (χ0n) is 11.0. The molecule has 1 aliphatic rings. The predicted octanol–water partition coefficient (Wildman–Crippen LogP) is 1.54. The highest BCUT2D eigenvalue weighted by molar-refractivity contribution is 7.07. The van der Waals surface area contributed by atoms with E-state index in [2.05, 4.69) is 14.6 Å². The van der Waals surface area contributed by atoms with E-state index in [4.69, 9.17) is 4.74 Å². The number of aromatic nitrogens is 3. The van der Waals surface area contributed by atoms with Crippen LogP contribution in [0.2, 0.25) is 0 Å². The lowest BCUT2D eigenvalue weighted by Crippen LogP contribution is -2.30. The van der Waals surface area contributed by atoms with Crippen molar-refractivity contribution in [2.75, 3.05) is 13.1 Å². The molecule has 0 saturated carbocycles. The van der Waals surface area contributed by atoms with Gasteiger partial charge in [-0.05, 0) is 30.6 Å². The second-order valence-electron chi connectivity index (χ2n) is 4.65. The second kappa shape index (κ2) is 5.54. The Bertz CT molecular complexity index is 601.